The highest BCUT2D eigenvalue weighted by Crippen LogP contribution is 2.41. The van der Waals surface area contributed by atoms with E-state index in [0.29, 0.717) is 6.42 Å². The van der Waals surface area contributed by atoms with E-state index in [2.05, 4.69) is 15.5 Å². The Hall–Kier alpha value is -1.85. The number of fused-ring (bicyclic) bond motifs is 2. The third-order valence-electron chi connectivity index (χ3n) is 4.13. The molecule has 18 heavy (non-hydrogen) atoms. The summed E-state index contributed by atoms with van der Waals surface area (Å²) in [6, 6.07) is -0.319. The van der Waals surface area contributed by atoms with Gasteiger partial charge in [0.05, 0.1) is 18.2 Å². The summed E-state index contributed by atoms with van der Waals surface area (Å²) in [7, 11) is 1.75. The molecule has 6 nitrogen and oxygen atoms in total. The second kappa shape index (κ2) is 3.83. The van der Waals surface area contributed by atoms with Gasteiger partial charge in [0.1, 0.15) is 0 Å². The Bertz CT molecular complexity index is 510. The van der Waals surface area contributed by atoms with Crippen LogP contribution in [-0.2, 0) is 16.8 Å². The molecule has 3 rings (SSSR count). The predicted octanol–water partition coefficient (Wildman–Crippen LogP) is 0.903. The van der Waals surface area contributed by atoms with Crippen molar-refractivity contribution in [3.8, 4) is 0 Å². The molecule has 1 aromatic heterocycles. The molecule has 0 saturated carbocycles. The third-order valence-corrected chi connectivity index (χ3v) is 4.13. The highest BCUT2D eigenvalue weighted by atomic mass is 16.2. The molecule has 0 radical (unpaired) electrons. The smallest absolute Gasteiger partial charge is 0.317 e. The van der Waals surface area contributed by atoms with E-state index in [1.165, 1.54) is 0 Å². The van der Waals surface area contributed by atoms with Gasteiger partial charge in [0.15, 0.2) is 0 Å². The maximum absolute atomic E-state index is 11.9. The van der Waals surface area contributed by atoms with Crippen LogP contribution in [0.3, 0.4) is 0 Å². The van der Waals surface area contributed by atoms with Crippen LogP contribution in [0.2, 0.25) is 0 Å². The van der Waals surface area contributed by atoms with Gasteiger partial charge in [-0.05, 0) is 19.3 Å². The first-order valence-electron chi connectivity index (χ1n) is 6.24. The first-order valence-corrected chi connectivity index (χ1v) is 6.24. The number of nitrogens with zero attached hydrogens (tertiary/aromatic N) is 2. The van der Waals surface area contributed by atoms with Crippen molar-refractivity contribution in [2.75, 3.05) is 7.05 Å². The molecule has 2 N–H and O–H groups in total. The lowest BCUT2D eigenvalue weighted by atomic mass is 9.81. The number of nitrogens with one attached hydrogen (secondary N) is 2. The van der Waals surface area contributed by atoms with E-state index in [0.717, 1.165) is 36.9 Å². The van der Waals surface area contributed by atoms with Crippen molar-refractivity contribution in [1.82, 2.24) is 20.4 Å². The van der Waals surface area contributed by atoms with Crippen molar-refractivity contribution >= 4 is 11.9 Å². The molecule has 1 spiro atoms. The minimum Gasteiger partial charge on any atom is -0.317 e. The Morgan fingerprint density at radius 1 is 1.39 bits per heavy atom. The second-order valence-corrected chi connectivity index (χ2v) is 5.09. The van der Waals surface area contributed by atoms with Crippen LogP contribution in [0, 0.1) is 0 Å². The van der Waals surface area contributed by atoms with Gasteiger partial charge in [-0.3, -0.25) is 15.2 Å². The molecule has 0 bridgehead atoms. The number of aromatic amines is 1. The average Bonchev–Trinajstić information content (AvgIpc) is 2.73. The average molecular weight is 248 g/mol. The minimum atomic E-state index is -0.516. The SMILES string of the molecule is CN1C(=O)NC(=O)CC12CCCCc1[nH]ncc12. The van der Waals surface area contributed by atoms with Gasteiger partial charge in [0, 0.05) is 18.3 Å². The number of rotatable bonds is 0. The van der Waals surface area contributed by atoms with Gasteiger partial charge in [0.2, 0.25) is 5.91 Å². The van der Waals surface area contributed by atoms with Gasteiger partial charge in [-0.25, -0.2) is 4.79 Å². The van der Waals surface area contributed by atoms with E-state index >= 15 is 0 Å². The zero-order chi connectivity index (χ0) is 12.8. The first kappa shape index (κ1) is 11.3. The van der Waals surface area contributed by atoms with Gasteiger partial charge < -0.3 is 4.90 Å². The maximum atomic E-state index is 11.9. The van der Waals surface area contributed by atoms with Crippen LogP contribution < -0.4 is 5.32 Å². The molecule has 96 valence electrons. The van der Waals surface area contributed by atoms with Gasteiger partial charge in [-0.15, -0.1) is 0 Å². The summed E-state index contributed by atoms with van der Waals surface area (Å²) in [4.78, 5) is 25.3. The molecule has 2 heterocycles. The summed E-state index contributed by atoms with van der Waals surface area (Å²) in [5.41, 5.74) is 1.55. The highest BCUT2D eigenvalue weighted by Gasteiger charge is 2.47. The monoisotopic (exact) mass is 248 g/mol. The number of carbonyl (C=O) groups is 2. The maximum Gasteiger partial charge on any atom is 0.324 e. The Balaban J connectivity index is 2.13. The fourth-order valence-corrected chi connectivity index (χ4v) is 3.12. The van der Waals surface area contributed by atoms with E-state index in [1.54, 1.807) is 18.1 Å². The number of amides is 3. The summed E-state index contributed by atoms with van der Waals surface area (Å²) < 4.78 is 0. The lowest BCUT2D eigenvalue weighted by Crippen LogP contribution is -2.59. The summed E-state index contributed by atoms with van der Waals surface area (Å²) in [6.07, 6.45) is 5.90. The molecule has 3 amide bonds. The Morgan fingerprint density at radius 3 is 3.06 bits per heavy atom. The zero-order valence-corrected chi connectivity index (χ0v) is 10.3. The van der Waals surface area contributed by atoms with Crippen LogP contribution in [0.1, 0.15) is 36.9 Å². The Labute approximate surface area is 105 Å². The van der Waals surface area contributed by atoms with E-state index in [-0.39, 0.29) is 11.9 Å². The molecule has 1 saturated heterocycles. The van der Waals surface area contributed by atoms with Crippen molar-refractivity contribution < 1.29 is 9.59 Å². The molecule has 1 aliphatic heterocycles. The number of aryl methyl sites for hydroxylation is 1. The summed E-state index contributed by atoms with van der Waals surface area (Å²) in [5.74, 6) is -0.202. The summed E-state index contributed by atoms with van der Waals surface area (Å²) in [5, 5.41) is 9.45. The normalized spacial score (nSPS) is 27.9. The largest absolute Gasteiger partial charge is 0.324 e. The van der Waals surface area contributed by atoms with Crippen LogP contribution >= 0.6 is 0 Å². The fraction of sp³-hybridized carbons (Fsp3) is 0.583. The number of aromatic nitrogens is 2. The van der Waals surface area contributed by atoms with Crippen LogP contribution in [0.4, 0.5) is 4.79 Å². The fourth-order valence-electron chi connectivity index (χ4n) is 3.12. The van der Waals surface area contributed by atoms with Gasteiger partial charge >= 0.3 is 6.03 Å². The summed E-state index contributed by atoms with van der Waals surface area (Å²) in [6.45, 7) is 0. The number of urea groups is 1. The molecule has 0 aromatic carbocycles. The van der Waals surface area contributed by atoms with Crippen molar-refractivity contribution in [3.63, 3.8) is 0 Å². The quantitative estimate of drug-likeness (QED) is 0.716. The molecule has 1 aromatic rings. The molecular formula is C12H16N4O2. The van der Waals surface area contributed by atoms with E-state index in [9.17, 15) is 9.59 Å². The number of imide groups is 1. The lowest BCUT2D eigenvalue weighted by Gasteiger charge is -2.44. The van der Waals surface area contributed by atoms with Crippen LogP contribution in [0.15, 0.2) is 6.20 Å². The van der Waals surface area contributed by atoms with Crippen molar-refractivity contribution in [2.45, 2.75) is 37.6 Å². The van der Waals surface area contributed by atoms with Gasteiger partial charge in [-0.2, -0.15) is 5.10 Å². The van der Waals surface area contributed by atoms with E-state index in [4.69, 9.17) is 0 Å². The molecule has 2 aliphatic rings. The first-order chi connectivity index (χ1) is 8.63. The Kier molecular flexibility index (Phi) is 2.39. The van der Waals surface area contributed by atoms with Crippen LogP contribution in [-0.4, -0.2) is 34.1 Å². The standard InChI is InChI=1S/C12H16N4O2/c1-16-11(18)14-10(17)6-12(16)5-3-2-4-9-8(12)7-13-15-9/h7H,2-6H2,1H3,(H,13,15)(H,14,17,18). The molecule has 1 aliphatic carbocycles. The van der Waals surface area contributed by atoms with Gasteiger partial charge in [-0.1, -0.05) is 6.42 Å². The van der Waals surface area contributed by atoms with Crippen molar-refractivity contribution in [1.29, 1.82) is 0 Å². The topological polar surface area (TPSA) is 78.1 Å². The minimum absolute atomic E-state index is 0.202. The second-order valence-electron chi connectivity index (χ2n) is 5.09. The molecule has 1 fully saturated rings. The highest BCUT2D eigenvalue weighted by molar-refractivity contribution is 5.98. The van der Waals surface area contributed by atoms with Crippen molar-refractivity contribution in [2.24, 2.45) is 0 Å². The number of hydrogen-bond acceptors (Lipinski definition) is 3. The zero-order valence-electron chi connectivity index (χ0n) is 10.3. The van der Waals surface area contributed by atoms with Crippen LogP contribution in [0.5, 0.6) is 0 Å². The number of hydrogen-bond donors (Lipinski definition) is 2. The van der Waals surface area contributed by atoms with Crippen LogP contribution in [0.25, 0.3) is 0 Å². The summed E-state index contributed by atoms with van der Waals surface area (Å²) >= 11 is 0. The lowest BCUT2D eigenvalue weighted by molar-refractivity contribution is -0.125. The van der Waals surface area contributed by atoms with Crippen molar-refractivity contribution in [3.05, 3.63) is 17.5 Å². The van der Waals surface area contributed by atoms with Gasteiger partial charge in [0.25, 0.3) is 0 Å². The molecular weight excluding hydrogens is 232 g/mol. The molecule has 1 unspecified atom stereocenters. The molecule has 6 heteroatoms. The number of carbonyl (C=O) groups excluding carboxylic acids is 2. The number of H-pyrrole nitrogens is 1. The van der Waals surface area contributed by atoms with E-state index < -0.39 is 5.54 Å². The molecule has 1 atom stereocenters. The van der Waals surface area contributed by atoms with E-state index in [1.807, 2.05) is 0 Å². The third kappa shape index (κ3) is 1.45. The Morgan fingerprint density at radius 2 is 2.22 bits per heavy atom. The predicted molar refractivity (Wildman–Crippen MR) is 63.7 cm³/mol.